The molecule has 0 aliphatic heterocycles. The fourth-order valence-corrected chi connectivity index (χ4v) is 4.11. The zero-order valence-electron chi connectivity index (χ0n) is 17.4. The minimum Gasteiger partial charge on any atom is -0.491 e. The standard InChI is InChI=1S/C26H23NO5/c28-25(29)17-11-12-23(24(13-17)31-14-16-9-10-16)27-26(30)32-15-22-20-7-3-1-5-18(20)19-6-2-4-8-21(19)22/h1-8,11-13,16,22H,9-10,14-15H2,(H,27,30)(H,28,29). The lowest BCUT2D eigenvalue weighted by Gasteiger charge is -2.16. The zero-order valence-corrected chi connectivity index (χ0v) is 17.4. The first-order chi connectivity index (χ1) is 15.6. The Hall–Kier alpha value is -3.80. The monoisotopic (exact) mass is 429 g/mol. The largest absolute Gasteiger partial charge is 0.491 e. The summed E-state index contributed by atoms with van der Waals surface area (Å²) in [4.78, 5) is 23.9. The van der Waals surface area contributed by atoms with Gasteiger partial charge in [0.15, 0.2) is 0 Å². The van der Waals surface area contributed by atoms with Crippen molar-refractivity contribution in [2.45, 2.75) is 18.8 Å². The van der Waals surface area contributed by atoms with Crippen molar-refractivity contribution in [2.75, 3.05) is 18.5 Å². The molecule has 1 amide bonds. The maximum Gasteiger partial charge on any atom is 0.411 e. The summed E-state index contributed by atoms with van der Waals surface area (Å²) in [5, 5.41) is 12.0. The fourth-order valence-electron chi connectivity index (χ4n) is 4.11. The molecule has 0 aromatic heterocycles. The molecule has 6 heteroatoms. The maximum absolute atomic E-state index is 12.6. The Labute approximate surface area is 185 Å². The number of carboxylic acid groups (broad SMARTS) is 1. The molecule has 0 bridgehead atoms. The number of carbonyl (C=O) groups is 2. The van der Waals surface area contributed by atoms with Gasteiger partial charge in [-0.3, -0.25) is 5.32 Å². The third-order valence-electron chi connectivity index (χ3n) is 5.98. The summed E-state index contributed by atoms with van der Waals surface area (Å²) in [7, 11) is 0. The number of carbonyl (C=O) groups excluding carboxylic acids is 1. The predicted octanol–water partition coefficient (Wildman–Crippen LogP) is 5.53. The van der Waals surface area contributed by atoms with Crippen LogP contribution in [0.15, 0.2) is 66.7 Å². The van der Waals surface area contributed by atoms with Crippen LogP contribution in [0.5, 0.6) is 5.75 Å². The Morgan fingerprint density at radius 3 is 2.19 bits per heavy atom. The van der Waals surface area contributed by atoms with Gasteiger partial charge >= 0.3 is 12.1 Å². The molecule has 0 unspecified atom stereocenters. The molecule has 1 fully saturated rings. The molecule has 162 valence electrons. The number of fused-ring (bicyclic) bond motifs is 3. The fraction of sp³-hybridized carbons (Fsp3) is 0.231. The van der Waals surface area contributed by atoms with E-state index in [1.807, 2.05) is 24.3 Å². The summed E-state index contributed by atoms with van der Waals surface area (Å²) < 4.78 is 11.4. The molecule has 1 saturated carbocycles. The second-order valence-electron chi connectivity index (χ2n) is 8.22. The van der Waals surface area contributed by atoms with Gasteiger partial charge in [0.25, 0.3) is 0 Å². The minimum atomic E-state index is -1.05. The van der Waals surface area contributed by atoms with Crippen LogP contribution in [-0.2, 0) is 4.74 Å². The Morgan fingerprint density at radius 1 is 0.906 bits per heavy atom. The van der Waals surface area contributed by atoms with Gasteiger partial charge in [0, 0.05) is 5.92 Å². The quantitative estimate of drug-likeness (QED) is 0.515. The molecule has 3 aromatic rings. The summed E-state index contributed by atoms with van der Waals surface area (Å²) in [5.74, 6) is -0.252. The van der Waals surface area contributed by atoms with Crippen LogP contribution in [0.4, 0.5) is 10.5 Å². The number of hydrogen-bond donors (Lipinski definition) is 2. The highest BCUT2D eigenvalue weighted by Gasteiger charge is 2.29. The summed E-state index contributed by atoms with van der Waals surface area (Å²) in [6, 6.07) is 20.7. The molecule has 2 N–H and O–H groups in total. The van der Waals surface area contributed by atoms with E-state index in [2.05, 4.69) is 29.6 Å². The molecular weight excluding hydrogens is 406 g/mol. The van der Waals surface area contributed by atoms with Gasteiger partial charge in [0.1, 0.15) is 12.4 Å². The maximum atomic E-state index is 12.6. The van der Waals surface area contributed by atoms with E-state index in [9.17, 15) is 14.7 Å². The van der Waals surface area contributed by atoms with Crippen molar-refractivity contribution in [1.29, 1.82) is 0 Å². The highest BCUT2D eigenvalue weighted by molar-refractivity contribution is 5.92. The van der Waals surface area contributed by atoms with Crippen molar-refractivity contribution in [3.8, 4) is 16.9 Å². The Kier molecular flexibility index (Phi) is 5.27. The van der Waals surface area contributed by atoms with Gasteiger partial charge in [0.05, 0.1) is 17.9 Å². The van der Waals surface area contributed by atoms with Crippen LogP contribution in [0, 0.1) is 5.92 Å². The van der Waals surface area contributed by atoms with E-state index in [4.69, 9.17) is 9.47 Å². The third-order valence-corrected chi connectivity index (χ3v) is 5.98. The average molecular weight is 429 g/mol. The van der Waals surface area contributed by atoms with Crippen molar-refractivity contribution in [3.05, 3.63) is 83.4 Å². The lowest BCUT2D eigenvalue weighted by molar-refractivity contribution is 0.0696. The van der Waals surface area contributed by atoms with E-state index in [0.717, 1.165) is 35.1 Å². The van der Waals surface area contributed by atoms with Crippen LogP contribution < -0.4 is 10.1 Å². The zero-order chi connectivity index (χ0) is 22.1. The topological polar surface area (TPSA) is 84.9 Å². The molecule has 0 heterocycles. The average Bonchev–Trinajstić information content (AvgIpc) is 3.58. The molecule has 5 rings (SSSR count). The Balaban J connectivity index is 1.30. The molecule has 0 radical (unpaired) electrons. The first kappa shape index (κ1) is 20.1. The van der Waals surface area contributed by atoms with Crippen molar-refractivity contribution in [2.24, 2.45) is 5.92 Å². The summed E-state index contributed by atoms with van der Waals surface area (Å²) in [5.41, 5.74) is 5.11. The summed E-state index contributed by atoms with van der Waals surface area (Å²) in [6.07, 6.45) is 1.60. The van der Waals surface area contributed by atoms with Crippen LogP contribution in [0.3, 0.4) is 0 Å². The molecule has 0 spiro atoms. The van der Waals surface area contributed by atoms with E-state index in [1.165, 1.54) is 18.2 Å². The van der Waals surface area contributed by atoms with Crippen LogP contribution in [0.2, 0.25) is 0 Å². The number of rotatable bonds is 7. The first-order valence-electron chi connectivity index (χ1n) is 10.7. The second-order valence-corrected chi connectivity index (χ2v) is 8.22. The molecule has 0 atom stereocenters. The van der Waals surface area contributed by atoms with Crippen LogP contribution >= 0.6 is 0 Å². The van der Waals surface area contributed by atoms with Crippen molar-refractivity contribution < 1.29 is 24.2 Å². The van der Waals surface area contributed by atoms with Gasteiger partial charge in [-0.15, -0.1) is 0 Å². The molecular formula is C26H23NO5. The number of amides is 1. The van der Waals surface area contributed by atoms with E-state index in [0.29, 0.717) is 24.0 Å². The molecule has 3 aromatic carbocycles. The third kappa shape index (κ3) is 4.04. The first-order valence-corrected chi connectivity index (χ1v) is 10.7. The number of nitrogens with one attached hydrogen (secondary N) is 1. The van der Waals surface area contributed by atoms with Crippen molar-refractivity contribution in [1.82, 2.24) is 0 Å². The predicted molar refractivity (Wildman–Crippen MR) is 120 cm³/mol. The van der Waals surface area contributed by atoms with Gasteiger partial charge < -0.3 is 14.6 Å². The van der Waals surface area contributed by atoms with Gasteiger partial charge in [-0.1, -0.05) is 48.5 Å². The summed E-state index contributed by atoms with van der Waals surface area (Å²) in [6.45, 7) is 0.702. The van der Waals surface area contributed by atoms with Crippen molar-refractivity contribution in [3.63, 3.8) is 0 Å². The number of anilines is 1. The normalized spacial score (nSPS) is 14.4. The number of benzene rings is 3. The van der Waals surface area contributed by atoms with E-state index in [1.54, 1.807) is 0 Å². The van der Waals surface area contributed by atoms with Crippen molar-refractivity contribution >= 4 is 17.7 Å². The Bertz CT molecular complexity index is 1140. The second kappa shape index (κ2) is 8.38. The molecule has 6 nitrogen and oxygen atoms in total. The highest BCUT2D eigenvalue weighted by Crippen LogP contribution is 2.44. The van der Waals surface area contributed by atoms with Crippen LogP contribution in [0.1, 0.15) is 40.2 Å². The molecule has 0 saturated heterocycles. The van der Waals surface area contributed by atoms with E-state index in [-0.39, 0.29) is 18.1 Å². The smallest absolute Gasteiger partial charge is 0.411 e. The van der Waals surface area contributed by atoms with Crippen LogP contribution in [0.25, 0.3) is 11.1 Å². The van der Waals surface area contributed by atoms with Gasteiger partial charge in [-0.25, -0.2) is 9.59 Å². The Morgan fingerprint density at radius 2 is 1.56 bits per heavy atom. The minimum absolute atomic E-state index is 0.0341. The SMILES string of the molecule is O=C(Nc1ccc(C(=O)O)cc1OCC1CC1)OCC1c2ccccc2-c2ccccc21. The number of carboxylic acids is 1. The number of aromatic carboxylic acids is 1. The van der Waals surface area contributed by atoms with Gasteiger partial charge in [-0.05, 0) is 59.2 Å². The lowest BCUT2D eigenvalue weighted by Crippen LogP contribution is -2.18. The summed E-state index contributed by atoms with van der Waals surface area (Å²) >= 11 is 0. The van der Waals surface area contributed by atoms with Crippen LogP contribution in [-0.4, -0.2) is 30.4 Å². The molecule has 2 aliphatic carbocycles. The van der Waals surface area contributed by atoms with Gasteiger partial charge in [0.2, 0.25) is 0 Å². The number of hydrogen-bond acceptors (Lipinski definition) is 4. The highest BCUT2D eigenvalue weighted by atomic mass is 16.5. The molecule has 2 aliphatic rings. The van der Waals surface area contributed by atoms with Gasteiger partial charge in [-0.2, -0.15) is 0 Å². The van der Waals surface area contributed by atoms with E-state index >= 15 is 0 Å². The molecule has 32 heavy (non-hydrogen) atoms. The number of ether oxygens (including phenoxy) is 2. The van der Waals surface area contributed by atoms with E-state index < -0.39 is 12.1 Å². The lowest BCUT2D eigenvalue weighted by atomic mass is 9.98.